The molecule has 5 heteroatoms. The molecule has 1 aliphatic heterocycles. The summed E-state index contributed by atoms with van der Waals surface area (Å²) in [7, 11) is 2.12. The quantitative estimate of drug-likeness (QED) is 0.708. The van der Waals surface area contributed by atoms with Gasteiger partial charge < -0.3 is 9.84 Å². The number of hydrogen-bond acceptors (Lipinski definition) is 5. The minimum atomic E-state index is -0.260. The van der Waals surface area contributed by atoms with E-state index in [1.54, 1.807) is 0 Å². The molecule has 2 unspecified atom stereocenters. The van der Waals surface area contributed by atoms with Crippen LogP contribution in [-0.2, 0) is 4.74 Å². The summed E-state index contributed by atoms with van der Waals surface area (Å²) in [5, 5.41) is 10.2. The molecule has 1 fully saturated rings. The molecule has 1 rings (SSSR count). The van der Waals surface area contributed by atoms with Crippen molar-refractivity contribution in [3.63, 3.8) is 0 Å². The number of morpholine rings is 1. The molecule has 1 N–H and O–H groups in total. The van der Waals surface area contributed by atoms with E-state index in [1.165, 1.54) is 0 Å². The van der Waals surface area contributed by atoms with E-state index >= 15 is 0 Å². The Morgan fingerprint density at radius 1 is 1.39 bits per heavy atom. The van der Waals surface area contributed by atoms with Gasteiger partial charge >= 0.3 is 0 Å². The number of nitrogens with zero attached hydrogens (tertiary/aromatic N) is 2. The van der Waals surface area contributed by atoms with Gasteiger partial charge in [0.25, 0.3) is 0 Å². The van der Waals surface area contributed by atoms with Crippen molar-refractivity contribution in [2.75, 3.05) is 58.4 Å². The van der Waals surface area contributed by atoms with Gasteiger partial charge in [-0.3, -0.25) is 9.80 Å². The molecule has 0 aliphatic carbocycles. The summed E-state index contributed by atoms with van der Waals surface area (Å²) in [6, 6.07) is 0.569. The van der Waals surface area contributed by atoms with Crippen molar-refractivity contribution in [1.82, 2.24) is 9.80 Å². The molecule has 1 aliphatic rings. The van der Waals surface area contributed by atoms with Gasteiger partial charge in [-0.15, -0.1) is 0 Å². The first kappa shape index (κ1) is 16.2. The van der Waals surface area contributed by atoms with Gasteiger partial charge in [0.15, 0.2) is 0 Å². The minimum absolute atomic E-state index is 0.260. The zero-order valence-corrected chi connectivity index (χ0v) is 12.8. The number of β-amino-alcohol motifs (C(OH)–C–C–N with tert-alkyl or cyclic N) is 1. The lowest BCUT2D eigenvalue weighted by molar-refractivity contribution is 0.00638. The molecular formula is C13H28N2O2S. The summed E-state index contributed by atoms with van der Waals surface area (Å²) >= 11 is 1.88. The molecule has 4 nitrogen and oxygen atoms in total. The Balaban J connectivity index is 2.26. The van der Waals surface area contributed by atoms with Gasteiger partial charge in [-0.05, 0) is 19.7 Å². The Hall–Kier alpha value is 0.190. The number of thioether (sulfide) groups is 1. The van der Waals surface area contributed by atoms with E-state index in [9.17, 15) is 5.11 Å². The van der Waals surface area contributed by atoms with Crippen LogP contribution >= 0.6 is 11.8 Å². The van der Waals surface area contributed by atoms with Crippen LogP contribution in [0.1, 0.15) is 13.3 Å². The summed E-state index contributed by atoms with van der Waals surface area (Å²) in [5.41, 5.74) is 0. The lowest BCUT2D eigenvalue weighted by atomic mass is 10.2. The maximum atomic E-state index is 10.2. The Morgan fingerprint density at radius 3 is 2.61 bits per heavy atom. The van der Waals surface area contributed by atoms with E-state index in [2.05, 4.69) is 30.0 Å². The Bertz CT molecular complexity index is 213. The third kappa shape index (κ3) is 5.89. The first-order chi connectivity index (χ1) is 8.67. The average molecular weight is 276 g/mol. The van der Waals surface area contributed by atoms with Gasteiger partial charge in [0.1, 0.15) is 0 Å². The lowest BCUT2D eigenvalue weighted by Gasteiger charge is -2.32. The van der Waals surface area contributed by atoms with Crippen LogP contribution in [0.3, 0.4) is 0 Å². The summed E-state index contributed by atoms with van der Waals surface area (Å²) in [5.74, 6) is 1.14. The predicted molar refractivity (Wildman–Crippen MR) is 78.4 cm³/mol. The molecule has 0 saturated carbocycles. The van der Waals surface area contributed by atoms with Crippen molar-refractivity contribution in [1.29, 1.82) is 0 Å². The number of likely N-dealkylation sites (N-methyl/N-ethyl adjacent to an activating group) is 1. The van der Waals surface area contributed by atoms with E-state index in [0.717, 1.165) is 51.6 Å². The molecule has 18 heavy (non-hydrogen) atoms. The van der Waals surface area contributed by atoms with Crippen molar-refractivity contribution in [2.24, 2.45) is 0 Å². The molecule has 0 spiro atoms. The molecular weight excluding hydrogens is 248 g/mol. The minimum Gasteiger partial charge on any atom is -0.390 e. The molecule has 0 aromatic heterocycles. The monoisotopic (exact) mass is 276 g/mol. The average Bonchev–Trinajstić information content (AvgIpc) is 2.36. The van der Waals surface area contributed by atoms with Crippen molar-refractivity contribution >= 4 is 11.8 Å². The third-order valence-corrected chi connectivity index (χ3v) is 4.24. The first-order valence-electron chi connectivity index (χ1n) is 6.84. The van der Waals surface area contributed by atoms with Crippen LogP contribution in [-0.4, -0.2) is 85.5 Å². The van der Waals surface area contributed by atoms with Gasteiger partial charge in [-0.1, -0.05) is 6.92 Å². The molecule has 0 amide bonds. The van der Waals surface area contributed by atoms with Gasteiger partial charge in [0.2, 0.25) is 0 Å². The normalized spacial score (nSPS) is 21.2. The summed E-state index contributed by atoms with van der Waals surface area (Å²) < 4.78 is 5.31. The topological polar surface area (TPSA) is 35.9 Å². The van der Waals surface area contributed by atoms with Gasteiger partial charge in [-0.25, -0.2) is 0 Å². The standard InChI is InChI=1S/C13H28N2O2S/c1-4-12(11-18-3)14(2)9-13(16)10-15-5-7-17-8-6-15/h12-13,16H,4-11H2,1-3H3. The zero-order chi connectivity index (χ0) is 13.4. The van der Waals surface area contributed by atoms with Crippen LogP contribution in [0.25, 0.3) is 0 Å². The summed E-state index contributed by atoms with van der Waals surface area (Å²) in [4.78, 5) is 4.58. The highest BCUT2D eigenvalue weighted by atomic mass is 32.2. The van der Waals surface area contributed by atoms with Crippen LogP contribution in [0.15, 0.2) is 0 Å². The van der Waals surface area contributed by atoms with Crippen LogP contribution < -0.4 is 0 Å². The maximum Gasteiger partial charge on any atom is 0.0793 e. The van der Waals surface area contributed by atoms with Crippen molar-refractivity contribution in [3.8, 4) is 0 Å². The molecule has 2 atom stereocenters. The highest BCUT2D eigenvalue weighted by molar-refractivity contribution is 7.98. The van der Waals surface area contributed by atoms with Crippen LogP contribution in [0.4, 0.5) is 0 Å². The van der Waals surface area contributed by atoms with E-state index in [0.29, 0.717) is 6.04 Å². The molecule has 108 valence electrons. The van der Waals surface area contributed by atoms with Crippen molar-refractivity contribution < 1.29 is 9.84 Å². The predicted octanol–water partition coefficient (Wildman–Crippen LogP) is 0.753. The molecule has 0 radical (unpaired) electrons. The fourth-order valence-electron chi connectivity index (χ4n) is 2.37. The highest BCUT2D eigenvalue weighted by Gasteiger charge is 2.19. The largest absolute Gasteiger partial charge is 0.390 e. The number of aliphatic hydroxyl groups excluding tert-OH is 1. The SMILES string of the molecule is CCC(CSC)N(C)CC(O)CN1CCOCC1. The fraction of sp³-hybridized carbons (Fsp3) is 1.00. The van der Waals surface area contributed by atoms with Crippen LogP contribution in [0.2, 0.25) is 0 Å². The van der Waals surface area contributed by atoms with E-state index in [4.69, 9.17) is 4.74 Å². The molecule has 0 aromatic carbocycles. The second-order valence-corrected chi connectivity index (χ2v) is 5.93. The molecule has 1 heterocycles. The Kier molecular flexibility index (Phi) is 8.26. The second kappa shape index (κ2) is 9.15. The lowest BCUT2D eigenvalue weighted by Crippen LogP contribution is -2.46. The summed E-state index contributed by atoms with van der Waals surface area (Å²) in [6.45, 7) is 7.23. The molecule has 1 saturated heterocycles. The van der Waals surface area contributed by atoms with Crippen LogP contribution in [0, 0.1) is 0 Å². The van der Waals surface area contributed by atoms with E-state index in [1.807, 2.05) is 11.8 Å². The van der Waals surface area contributed by atoms with Crippen molar-refractivity contribution in [2.45, 2.75) is 25.5 Å². The van der Waals surface area contributed by atoms with E-state index < -0.39 is 0 Å². The number of ether oxygens (including phenoxy) is 1. The third-order valence-electron chi connectivity index (χ3n) is 3.53. The van der Waals surface area contributed by atoms with E-state index in [-0.39, 0.29) is 6.10 Å². The smallest absolute Gasteiger partial charge is 0.0793 e. The van der Waals surface area contributed by atoms with Gasteiger partial charge in [-0.2, -0.15) is 11.8 Å². The Labute approximate surface area is 116 Å². The number of aliphatic hydroxyl groups is 1. The molecule has 0 aromatic rings. The molecule has 0 bridgehead atoms. The number of rotatable bonds is 8. The second-order valence-electron chi connectivity index (χ2n) is 5.02. The zero-order valence-electron chi connectivity index (χ0n) is 12.0. The van der Waals surface area contributed by atoms with Gasteiger partial charge in [0.05, 0.1) is 19.3 Å². The fourth-order valence-corrected chi connectivity index (χ4v) is 3.25. The summed E-state index contributed by atoms with van der Waals surface area (Å²) in [6.07, 6.45) is 3.02. The maximum absolute atomic E-state index is 10.2. The van der Waals surface area contributed by atoms with Crippen molar-refractivity contribution in [3.05, 3.63) is 0 Å². The highest BCUT2D eigenvalue weighted by Crippen LogP contribution is 2.09. The number of hydrogen-bond donors (Lipinski definition) is 1. The van der Waals surface area contributed by atoms with Gasteiger partial charge in [0, 0.05) is 38.0 Å². The first-order valence-corrected chi connectivity index (χ1v) is 8.24. The Morgan fingerprint density at radius 2 is 2.06 bits per heavy atom. The van der Waals surface area contributed by atoms with Crippen LogP contribution in [0.5, 0.6) is 0 Å².